The Morgan fingerprint density at radius 2 is 1.69 bits per heavy atom. The molecular weight excluding hydrogens is 180 g/mol. The number of aliphatic hydroxyl groups is 5. The molecular formula is C7H16O6. The second-order valence-electron chi connectivity index (χ2n) is 2.89. The fourth-order valence-electron chi connectivity index (χ4n) is 0.857. The van der Waals surface area contributed by atoms with Crippen LogP contribution in [0.5, 0.6) is 0 Å². The molecule has 0 fully saturated rings. The number of hydrogen-bond acceptors (Lipinski definition) is 6. The maximum Gasteiger partial charge on any atom is 0.139 e. The van der Waals surface area contributed by atoms with Crippen LogP contribution in [-0.4, -0.2) is 70.3 Å². The standard InChI is InChI=1S/C7H16O6/c1-13-2-5(10)6(11)7(12,3-8)4-9/h5-6,8-12H,2-4H2,1H3. The van der Waals surface area contributed by atoms with E-state index in [1.807, 2.05) is 0 Å². The molecule has 0 aliphatic heterocycles. The minimum atomic E-state index is -2.10. The van der Waals surface area contributed by atoms with Gasteiger partial charge in [0.15, 0.2) is 0 Å². The summed E-state index contributed by atoms with van der Waals surface area (Å²) in [6, 6.07) is 0. The third kappa shape index (κ3) is 3.18. The molecule has 0 saturated heterocycles. The van der Waals surface area contributed by atoms with Crippen molar-refractivity contribution in [2.24, 2.45) is 0 Å². The molecule has 13 heavy (non-hydrogen) atoms. The van der Waals surface area contributed by atoms with Crippen molar-refractivity contribution >= 4 is 0 Å². The van der Waals surface area contributed by atoms with Gasteiger partial charge in [0.1, 0.15) is 17.8 Å². The van der Waals surface area contributed by atoms with E-state index in [-0.39, 0.29) is 6.61 Å². The van der Waals surface area contributed by atoms with E-state index in [0.717, 1.165) is 0 Å². The Kier molecular flexibility index (Phi) is 5.38. The smallest absolute Gasteiger partial charge is 0.139 e. The highest BCUT2D eigenvalue weighted by Gasteiger charge is 2.39. The highest BCUT2D eigenvalue weighted by molar-refractivity contribution is 4.89. The van der Waals surface area contributed by atoms with E-state index in [2.05, 4.69) is 4.74 Å². The van der Waals surface area contributed by atoms with Crippen LogP contribution in [0.1, 0.15) is 0 Å². The van der Waals surface area contributed by atoms with Crippen molar-refractivity contribution in [3.8, 4) is 0 Å². The molecule has 0 aromatic rings. The fraction of sp³-hybridized carbons (Fsp3) is 1.00. The molecule has 0 aromatic heterocycles. The van der Waals surface area contributed by atoms with Gasteiger partial charge in [0.05, 0.1) is 19.8 Å². The minimum absolute atomic E-state index is 0.191. The predicted octanol–water partition coefficient (Wildman–Crippen LogP) is -2.93. The Balaban J connectivity index is 4.27. The van der Waals surface area contributed by atoms with Crippen molar-refractivity contribution < 1.29 is 30.3 Å². The van der Waals surface area contributed by atoms with Gasteiger partial charge in [-0.25, -0.2) is 0 Å². The van der Waals surface area contributed by atoms with Gasteiger partial charge in [0.2, 0.25) is 0 Å². The van der Waals surface area contributed by atoms with Crippen LogP contribution in [0.15, 0.2) is 0 Å². The Bertz CT molecular complexity index is 135. The number of hydrogen-bond donors (Lipinski definition) is 5. The van der Waals surface area contributed by atoms with Gasteiger partial charge in [0.25, 0.3) is 0 Å². The molecule has 0 aliphatic carbocycles. The van der Waals surface area contributed by atoms with E-state index >= 15 is 0 Å². The quantitative estimate of drug-likeness (QED) is 0.311. The van der Waals surface area contributed by atoms with Crippen LogP contribution < -0.4 is 0 Å². The van der Waals surface area contributed by atoms with Crippen LogP contribution in [0.4, 0.5) is 0 Å². The zero-order valence-corrected chi connectivity index (χ0v) is 7.42. The van der Waals surface area contributed by atoms with Crippen LogP contribution in [0, 0.1) is 0 Å². The lowest BCUT2D eigenvalue weighted by atomic mass is 9.94. The average Bonchev–Trinajstić information content (AvgIpc) is 2.16. The number of methoxy groups -OCH3 is 1. The molecule has 6 heteroatoms. The summed E-state index contributed by atoms with van der Waals surface area (Å²) in [6.45, 7) is -1.87. The molecule has 0 rings (SSSR count). The highest BCUT2D eigenvalue weighted by Crippen LogP contribution is 2.13. The Hall–Kier alpha value is -0.240. The van der Waals surface area contributed by atoms with Gasteiger partial charge >= 0.3 is 0 Å². The van der Waals surface area contributed by atoms with Crippen LogP contribution in [0.25, 0.3) is 0 Å². The van der Waals surface area contributed by atoms with Crippen LogP contribution in [0.3, 0.4) is 0 Å². The van der Waals surface area contributed by atoms with E-state index in [9.17, 15) is 10.2 Å². The third-order valence-corrected chi connectivity index (χ3v) is 1.80. The second kappa shape index (κ2) is 5.48. The van der Waals surface area contributed by atoms with Crippen molar-refractivity contribution in [1.29, 1.82) is 0 Å². The summed E-state index contributed by atoms with van der Waals surface area (Å²) >= 11 is 0. The van der Waals surface area contributed by atoms with E-state index in [0.29, 0.717) is 0 Å². The Labute approximate surface area is 76.0 Å². The summed E-state index contributed by atoms with van der Waals surface area (Å²) in [6.07, 6.45) is -3.00. The van der Waals surface area contributed by atoms with Crippen molar-refractivity contribution in [3.05, 3.63) is 0 Å². The van der Waals surface area contributed by atoms with Gasteiger partial charge in [-0.1, -0.05) is 0 Å². The first-order valence-electron chi connectivity index (χ1n) is 3.81. The molecule has 0 aromatic carbocycles. The number of ether oxygens (including phenoxy) is 1. The minimum Gasteiger partial charge on any atom is -0.393 e. The largest absolute Gasteiger partial charge is 0.393 e. The predicted molar refractivity (Wildman–Crippen MR) is 43.0 cm³/mol. The number of rotatable bonds is 6. The summed E-state index contributed by atoms with van der Waals surface area (Å²) in [7, 11) is 1.31. The lowest BCUT2D eigenvalue weighted by Gasteiger charge is -2.31. The number of aliphatic hydroxyl groups excluding tert-OH is 4. The normalized spacial score (nSPS) is 17.1. The Morgan fingerprint density at radius 3 is 2.00 bits per heavy atom. The molecule has 2 unspecified atom stereocenters. The van der Waals surface area contributed by atoms with Gasteiger partial charge in [-0.15, -0.1) is 0 Å². The monoisotopic (exact) mass is 196 g/mol. The van der Waals surface area contributed by atoms with Gasteiger partial charge in [-0.3, -0.25) is 0 Å². The van der Waals surface area contributed by atoms with Gasteiger partial charge in [0, 0.05) is 7.11 Å². The molecule has 0 amide bonds. The first-order valence-corrected chi connectivity index (χ1v) is 3.81. The topological polar surface area (TPSA) is 110 Å². The van der Waals surface area contributed by atoms with Gasteiger partial charge in [-0.2, -0.15) is 0 Å². The fourth-order valence-corrected chi connectivity index (χ4v) is 0.857. The van der Waals surface area contributed by atoms with Crippen LogP contribution in [0.2, 0.25) is 0 Å². The van der Waals surface area contributed by atoms with E-state index < -0.39 is 31.0 Å². The lowest BCUT2D eigenvalue weighted by molar-refractivity contribution is -0.172. The molecule has 0 saturated carbocycles. The van der Waals surface area contributed by atoms with Gasteiger partial charge in [-0.05, 0) is 0 Å². The average molecular weight is 196 g/mol. The maximum absolute atomic E-state index is 9.33. The third-order valence-electron chi connectivity index (χ3n) is 1.80. The summed E-state index contributed by atoms with van der Waals surface area (Å²) < 4.78 is 4.52. The molecule has 0 spiro atoms. The van der Waals surface area contributed by atoms with Crippen LogP contribution >= 0.6 is 0 Å². The van der Waals surface area contributed by atoms with Crippen molar-refractivity contribution in [1.82, 2.24) is 0 Å². The Morgan fingerprint density at radius 1 is 1.23 bits per heavy atom. The molecule has 5 N–H and O–H groups in total. The molecule has 0 radical (unpaired) electrons. The molecule has 6 nitrogen and oxygen atoms in total. The van der Waals surface area contributed by atoms with Crippen molar-refractivity contribution in [2.75, 3.05) is 26.9 Å². The van der Waals surface area contributed by atoms with Crippen LogP contribution in [-0.2, 0) is 4.74 Å². The van der Waals surface area contributed by atoms with E-state index in [4.69, 9.17) is 15.3 Å². The first-order chi connectivity index (χ1) is 6.01. The molecule has 80 valence electrons. The molecule has 2 atom stereocenters. The summed E-state index contributed by atoms with van der Waals surface area (Å²) in [4.78, 5) is 0. The molecule has 0 aliphatic rings. The molecule has 0 heterocycles. The highest BCUT2D eigenvalue weighted by atomic mass is 16.5. The maximum atomic E-state index is 9.33. The van der Waals surface area contributed by atoms with E-state index in [1.54, 1.807) is 0 Å². The van der Waals surface area contributed by atoms with Crippen molar-refractivity contribution in [2.45, 2.75) is 17.8 Å². The van der Waals surface area contributed by atoms with Gasteiger partial charge < -0.3 is 30.3 Å². The SMILES string of the molecule is COCC(O)C(O)C(O)(CO)CO. The summed E-state index contributed by atoms with van der Waals surface area (Å²) in [5.74, 6) is 0. The second-order valence-corrected chi connectivity index (χ2v) is 2.89. The van der Waals surface area contributed by atoms with E-state index in [1.165, 1.54) is 7.11 Å². The molecule has 0 bridgehead atoms. The summed E-state index contributed by atoms with van der Waals surface area (Å²) in [5.41, 5.74) is -2.10. The zero-order chi connectivity index (χ0) is 10.5. The zero-order valence-electron chi connectivity index (χ0n) is 7.42. The lowest BCUT2D eigenvalue weighted by Crippen LogP contribution is -2.55. The summed E-state index contributed by atoms with van der Waals surface area (Å²) in [5, 5.41) is 45.1. The first kappa shape index (κ1) is 12.8. The van der Waals surface area contributed by atoms with Crippen molar-refractivity contribution in [3.63, 3.8) is 0 Å².